The standard InChI is InChI=1S/C9H21NO/c1-5-7-9(6-2,10-3)8-11-4/h10H,5-8H2,1-4H3. The predicted molar refractivity (Wildman–Crippen MR) is 48.9 cm³/mol. The molecule has 0 aliphatic heterocycles. The zero-order valence-corrected chi connectivity index (χ0v) is 8.24. The summed E-state index contributed by atoms with van der Waals surface area (Å²) in [4.78, 5) is 0. The summed E-state index contributed by atoms with van der Waals surface area (Å²) in [7, 11) is 3.77. The lowest BCUT2D eigenvalue weighted by Gasteiger charge is -2.31. The van der Waals surface area contributed by atoms with Gasteiger partial charge in [0.1, 0.15) is 0 Å². The van der Waals surface area contributed by atoms with Gasteiger partial charge in [-0.05, 0) is 19.9 Å². The molecule has 0 bridgehead atoms. The van der Waals surface area contributed by atoms with E-state index < -0.39 is 0 Å². The van der Waals surface area contributed by atoms with Crippen molar-refractivity contribution < 1.29 is 4.74 Å². The average Bonchev–Trinajstić information content (AvgIpc) is 2.04. The van der Waals surface area contributed by atoms with E-state index in [9.17, 15) is 0 Å². The van der Waals surface area contributed by atoms with Crippen LogP contribution in [0.1, 0.15) is 33.1 Å². The summed E-state index contributed by atoms with van der Waals surface area (Å²) in [6, 6.07) is 0. The summed E-state index contributed by atoms with van der Waals surface area (Å²) in [6.45, 7) is 5.22. The summed E-state index contributed by atoms with van der Waals surface area (Å²) in [5.74, 6) is 0. The van der Waals surface area contributed by atoms with Gasteiger partial charge in [-0.25, -0.2) is 0 Å². The van der Waals surface area contributed by atoms with E-state index in [0.717, 1.165) is 13.0 Å². The van der Waals surface area contributed by atoms with E-state index in [0.29, 0.717) is 0 Å². The molecule has 2 heteroatoms. The first-order valence-electron chi connectivity index (χ1n) is 4.42. The molecule has 1 N–H and O–H groups in total. The number of hydrogen-bond acceptors (Lipinski definition) is 2. The molecular formula is C9H21NO. The molecule has 0 amide bonds. The van der Waals surface area contributed by atoms with Gasteiger partial charge < -0.3 is 10.1 Å². The summed E-state index contributed by atoms with van der Waals surface area (Å²) in [5.41, 5.74) is 0.212. The molecule has 0 aliphatic carbocycles. The maximum Gasteiger partial charge on any atom is 0.0644 e. The molecule has 0 spiro atoms. The van der Waals surface area contributed by atoms with Crippen molar-refractivity contribution in [2.45, 2.75) is 38.6 Å². The highest BCUT2D eigenvalue weighted by atomic mass is 16.5. The molecule has 11 heavy (non-hydrogen) atoms. The molecule has 0 aromatic rings. The van der Waals surface area contributed by atoms with Crippen LogP contribution in [0.4, 0.5) is 0 Å². The molecule has 2 nitrogen and oxygen atoms in total. The van der Waals surface area contributed by atoms with Gasteiger partial charge in [-0.2, -0.15) is 0 Å². The van der Waals surface area contributed by atoms with Crippen LogP contribution < -0.4 is 5.32 Å². The largest absolute Gasteiger partial charge is 0.383 e. The normalized spacial score (nSPS) is 16.4. The topological polar surface area (TPSA) is 21.3 Å². The smallest absolute Gasteiger partial charge is 0.0644 e. The number of nitrogens with one attached hydrogen (secondary N) is 1. The van der Waals surface area contributed by atoms with Crippen LogP contribution in [0.3, 0.4) is 0 Å². The quantitative estimate of drug-likeness (QED) is 0.638. The van der Waals surface area contributed by atoms with Crippen molar-refractivity contribution in [1.82, 2.24) is 5.32 Å². The molecule has 0 saturated carbocycles. The van der Waals surface area contributed by atoms with Crippen LogP contribution in [0.5, 0.6) is 0 Å². The Kier molecular flexibility index (Phi) is 5.51. The zero-order chi connectivity index (χ0) is 8.74. The summed E-state index contributed by atoms with van der Waals surface area (Å²) in [6.07, 6.45) is 3.52. The third kappa shape index (κ3) is 3.21. The van der Waals surface area contributed by atoms with Gasteiger partial charge in [-0.15, -0.1) is 0 Å². The maximum absolute atomic E-state index is 5.18. The molecule has 0 fully saturated rings. The van der Waals surface area contributed by atoms with Crippen LogP contribution in [0.2, 0.25) is 0 Å². The molecule has 0 radical (unpaired) electrons. The van der Waals surface area contributed by atoms with E-state index >= 15 is 0 Å². The molecule has 1 unspecified atom stereocenters. The fourth-order valence-corrected chi connectivity index (χ4v) is 1.48. The summed E-state index contributed by atoms with van der Waals surface area (Å²) in [5, 5.41) is 3.34. The number of hydrogen-bond donors (Lipinski definition) is 1. The first-order valence-corrected chi connectivity index (χ1v) is 4.42. The lowest BCUT2D eigenvalue weighted by Crippen LogP contribution is -2.46. The molecule has 0 aromatic carbocycles. The van der Waals surface area contributed by atoms with Crippen molar-refractivity contribution in [3.05, 3.63) is 0 Å². The fourth-order valence-electron chi connectivity index (χ4n) is 1.48. The van der Waals surface area contributed by atoms with Crippen LogP contribution in [0.25, 0.3) is 0 Å². The van der Waals surface area contributed by atoms with Gasteiger partial charge in [0, 0.05) is 12.6 Å². The van der Waals surface area contributed by atoms with E-state index in [-0.39, 0.29) is 5.54 Å². The molecular weight excluding hydrogens is 138 g/mol. The SMILES string of the molecule is CCCC(CC)(COC)NC. The highest BCUT2D eigenvalue weighted by molar-refractivity contribution is 4.84. The molecule has 68 valence electrons. The van der Waals surface area contributed by atoms with Crippen molar-refractivity contribution in [2.75, 3.05) is 20.8 Å². The minimum atomic E-state index is 0.212. The summed E-state index contributed by atoms with van der Waals surface area (Å²) < 4.78 is 5.18. The lowest BCUT2D eigenvalue weighted by atomic mass is 9.92. The van der Waals surface area contributed by atoms with Gasteiger partial charge in [-0.3, -0.25) is 0 Å². The van der Waals surface area contributed by atoms with Gasteiger partial charge in [0.15, 0.2) is 0 Å². The fraction of sp³-hybridized carbons (Fsp3) is 1.00. The Morgan fingerprint density at radius 1 is 1.36 bits per heavy atom. The first kappa shape index (κ1) is 10.9. The molecule has 0 rings (SSSR count). The molecule has 0 aromatic heterocycles. The van der Waals surface area contributed by atoms with E-state index in [1.807, 2.05) is 7.05 Å². The number of methoxy groups -OCH3 is 1. The number of rotatable bonds is 6. The molecule has 0 aliphatic rings. The molecule has 1 atom stereocenters. The Hall–Kier alpha value is -0.0800. The predicted octanol–water partition coefficient (Wildman–Crippen LogP) is 1.80. The van der Waals surface area contributed by atoms with Crippen LogP contribution in [-0.4, -0.2) is 26.3 Å². The lowest BCUT2D eigenvalue weighted by molar-refractivity contribution is 0.104. The third-order valence-corrected chi connectivity index (χ3v) is 2.36. The van der Waals surface area contributed by atoms with Crippen LogP contribution in [-0.2, 0) is 4.74 Å². The molecule has 0 heterocycles. The number of likely N-dealkylation sites (N-methyl/N-ethyl adjacent to an activating group) is 1. The van der Waals surface area contributed by atoms with Gasteiger partial charge in [0.25, 0.3) is 0 Å². The maximum atomic E-state index is 5.18. The van der Waals surface area contributed by atoms with Gasteiger partial charge >= 0.3 is 0 Å². The van der Waals surface area contributed by atoms with E-state index in [1.165, 1.54) is 12.8 Å². The Bertz CT molecular complexity index is 81.6. The highest BCUT2D eigenvalue weighted by Gasteiger charge is 2.24. The monoisotopic (exact) mass is 159 g/mol. The van der Waals surface area contributed by atoms with Crippen molar-refractivity contribution in [1.29, 1.82) is 0 Å². The van der Waals surface area contributed by atoms with Gasteiger partial charge in [0.05, 0.1) is 6.61 Å². The van der Waals surface area contributed by atoms with E-state index in [4.69, 9.17) is 4.74 Å². The Labute approximate surface area is 70.3 Å². The van der Waals surface area contributed by atoms with Crippen LogP contribution >= 0.6 is 0 Å². The van der Waals surface area contributed by atoms with Crippen molar-refractivity contribution in [3.63, 3.8) is 0 Å². The second-order valence-electron chi connectivity index (χ2n) is 3.07. The van der Waals surface area contributed by atoms with Crippen LogP contribution in [0.15, 0.2) is 0 Å². The second kappa shape index (κ2) is 5.56. The first-order chi connectivity index (χ1) is 5.24. The second-order valence-corrected chi connectivity index (χ2v) is 3.07. The minimum Gasteiger partial charge on any atom is -0.383 e. The van der Waals surface area contributed by atoms with Gasteiger partial charge in [-0.1, -0.05) is 20.3 Å². The van der Waals surface area contributed by atoms with Crippen molar-refractivity contribution in [2.24, 2.45) is 0 Å². The highest BCUT2D eigenvalue weighted by Crippen LogP contribution is 2.16. The van der Waals surface area contributed by atoms with Crippen molar-refractivity contribution in [3.8, 4) is 0 Å². The van der Waals surface area contributed by atoms with E-state index in [2.05, 4.69) is 19.2 Å². The zero-order valence-electron chi connectivity index (χ0n) is 8.24. The van der Waals surface area contributed by atoms with Crippen molar-refractivity contribution >= 4 is 0 Å². The Morgan fingerprint density at radius 3 is 2.27 bits per heavy atom. The van der Waals surface area contributed by atoms with Crippen LogP contribution in [0, 0.1) is 0 Å². The molecule has 0 saturated heterocycles. The third-order valence-electron chi connectivity index (χ3n) is 2.36. The average molecular weight is 159 g/mol. The minimum absolute atomic E-state index is 0.212. The summed E-state index contributed by atoms with van der Waals surface area (Å²) >= 11 is 0. The van der Waals surface area contributed by atoms with Gasteiger partial charge in [0.2, 0.25) is 0 Å². The Balaban J connectivity index is 3.96. The number of ether oxygens (including phenoxy) is 1. The van der Waals surface area contributed by atoms with E-state index in [1.54, 1.807) is 7.11 Å². The Morgan fingerprint density at radius 2 is 2.00 bits per heavy atom.